The molecule has 0 unspecified atom stereocenters. The predicted molar refractivity (Wildman–Crippen MR) is 78.7 cm³/mol. The molecule has 1 aromatic rings. The minimum Gasteiger partial charge on any atom is -0.378 e. The molecule has 0 saturated heterocycles. The molecule has 112 valence electrons. The second kappa shape index (κ2) is 6.99. The molecule has 8 nitrogen and oxygen atoms in total. The van der Waals surface area contributed by atoms with Crippen molar-refractivity contribution in [1.29, 1.82) is 0 Å². The smallest absolute Gasteiger partial charge is 0.353 e. The van der Waals surface area contributed by atoms with E-state index in [4.69, 9.17) is 5.73 Å². The summed E-state index contributed by atoms with van der Waals surface area (Å²) in [4.78, 5) is 22.3. The number of nitrogens with two attached hydrogens (primary N) is 1. The summed E-state index contributed by atoms with van der Waals surface area (Å²) in [5.74, 6) is 0.546. The van der Waals surface area contributed by atoms with Crippen molar-refractivity contribution in [3.63, 3.8) is 0 Å². The van der Waals surface area contributed by atoms with Crippen LogP contribution in [0.3, 0.4) is 0 Å². The molecule has 0 spiro atoms. The number of hydrogen-bond acceptors (Lipinski definition) is 7. The van der Waals surface area contributed by atoms with Gasteiger partial charge in [-0.05, 0) is 20.0 Å². The number of nitro groups is 1. The van der Waals surface area contributed by atoms with Gasteiger partial charge in [-0.25, -0.2) is 9.97 Å². The van der Waals surface area contributed by atoms with E-state index in [-0.39, 0.29) is 17.3 Å². The van der Waals surface area contributed by atoms with Gasteiger partial charge in [0, 0.05) is 19.6 Å². The van der Waals surface area contributed by atoms with E-state index in [2.05, 4.69) is 23.8 Å². The first kappa shape index (κ1) is 16.1. The van der Waals surface area contributed by atoms with E-state index in [0.29, 0.717) is 19.0 Å². The first-order valence-corrected chi connectivity index (χ1v) is 6.47. The molecule has 1 heterocycles. The Labute approximate surface area is 118 Å². The van der Waals surface area contributed by atoms with Crippen LogP contribution in [0.15, 0.2) is 6.33 Å². The fraction of sp³-hybridized carbons (Fsp3) is 0.667. The fourth-order valence-electron chi connectivity index (χ4n) is 1.83. The largest absolute Gasteiger partial charge is 0.378 e. The lowest BCUT2D eigenvalue weighted by molar-refractivity contribution is -0.383. The van der Waals surface area contributed by atoms with Crippen molar-refractivity contribution in [2.75, 3.05) is 44.4 Å². The van der Waals surface area contributed by atoms with E-state index in [9.17, 15) is 10.1 Å². The third kappa shape index (κ3) is 4.30. The van der Waals surface area contributed by atoms with Gasteiger partial charge in [-0.1, -0.05) is 13.8 Å². The van der Waals surface area contributed by atoms with Crippen LogP contribution >= 0.6 is 0 Å². The van der Waals surface area contributed by atoms with Crippen LogP contribution in [0.4, 0.5) is 17.3 Å². The number of nitrogens with zero attached hydrogens (tertiary/aromatic N) is 5. The minimum absolute atomic E-state index is 0.0985. The standard InChI is InChI=1S/C12H22N6O2/c1-9(2)7-17(6-5-16(3)4)12-10(18(19)20)11(13)14-8-15-12/h8-9H,5-7H2,1-4H3,(H2,13,14,15). The second-order valence-electron chi connectivity index (χ2n) is 5.33. The van der Waals surface area contributed by atoms with Crippen molar-refractivity contribution in [3.05, 3.63) is 16.4 Å². The number of hydrogen-bond donors (Lipinski definition) is 1. The average molecular weight is 282 g/mol. The molecule has 1 aromatic heterocycles. The van der Waals surface area contributed by atoms with E-state index >= 15 is 0 Å². The van der Waals surface area contributed by atoms with Crippen molar-refractivity contribution >= 4 is 17.3 Å². The third-order valence-electron chi connectivity index (χ3n) is 2.72. The molecule has 2 N–H and O–H groups in total. The molecule has 20 heavy (non-hydrogen) atoms. The molecule has 0 aliphatic heterocycles. The van der Waals surface area contributed by atoms with Crippen molar-refractivity contribution in [3.8, 4) is 0 Å². The van der Waals surface area contributed by atoms with E-state index in [1.165, 1.54) is 6.33 Å². The zero-order valence-electron chi connectivity index (χ0n) is 12.4. The van der Waals surface area contributed by atoms with Crippen LogP contribution in [0.25, 0.3) is 0 Å². The molecule has 8 heteroatoms. The van der Waals surface area contributed by atoms with Gasteiger partial charge in [0.25, 0.3) is 0 Å². The molecule has 0 atom stereocenters. The third-order valence-corrected chi connectivity index (χ3v) is 2.72. The van der Waals surface area contributed by atoms with Gasteiger partial charge in [0.2, 0.25) is 11.6 Å². The van der Waals surface area contributed by atoms with Crippen molar-refractivity contribution in [2.24, 2.45) is 5.92 Å². The summed E-state index contributed by atoms with van der Waals surface area (Å²) >= 11 is 0. The molecule has 0 bridgehead atoms. The molecule has 0 fully saturated rings. The highest BCUT2D eigenvalue weighted by Gasteiger charge is 2.25. The van der Waals surface area contributed by atoms with Gasteiger partial charge in [-0.2, -0.15) is 0 Å². The van der Waals surface area contributed by atoms with E-state index in [1.807, 2.05) is 23.9 Å². The van der Waals surface area contributed by atoms with Crippen molar-refractivity contribution in [2.45, 2.75) is 13.8 Å². The Balaban J connectivity index is 3.12. The summed E-state index contributed by atoms with van der Waals surface area (Å²) in [6.45, 7) is 6.19. The van der Waals surface area contributed by atoms with Gasteiger partial charge < -0.3 is 15.5 Å². The number of aromatic nitrogens is 2. The Morgan fingerprint density at radius 2 is 2.00 bits per heavy atom. The molecule has 0 saturated carbocycles. The Bertz CT molecular complexity index is 463. The summed E-state index contributed by atoms with van der Waals surface area (Å²) < 4.78 is 0. The average Bonchev–Trinajstić information content (AvgIpc) is 2.33. The Morgan fingerprint density at radius 3 is 2.50 bits per heavy atom. The second-order valence-corrected chi connectivity index (χ2v) is 5.33. The number of anilines is 2. The molecule has 0 amide bonds. The molecule has 1 rings (SSSR count). The lowest BCUT2D eigenvalue weighted by Crippen LogP contribution is -2.35. The van der Waals surface area contributed by atoms with Gasteiger partial charge in [0.15, 0.2) is 0 Å². The molecule has 0 aliphatic carbocycles. The van der Waals surface area contributed by atoms with Gasteiger partial charge in [0.05, 0.1) is 4.92 Å². The van der Waals surface area contributed by atoms with Crippen LogP contribution in [0.5, 0.6) is 0 Å². The van der Waals surface area contributed by atoms with Crippen LogP contribution < -0.4 is 10.6 Å². The Hall–Kier alpha value is -1.96. The minimum atomic E-state index is -0.520. The SMILES string of the molecule is CC(C)CN(CCN(C)C)c1ncnc(N)c1[N+](=O)[O-]. The van der Waals surface area contributed by atoms with Crippen LogP contribution in [-0.4, -0.2) is 53.5 Å². The number of nitrogen functional groups attached to an aromatic ring is 1. The van der Waals surface area contributed by atoms with Gasteiger partial charge in [0.1, 0.15) is 6.33 Å². The first-order chi connectivity index (χ1) is 9.32. The van der Waals surface area contributed by atoms with Gasteiger partial charge in [-0.15, -0.1) is 0 Å². The lowest BCUT2D eigenvalue weighted by Gasteiger charge is -2.26. The summed E-state index contributed by atoms with van der Waals surface area (Å²) in [5, 5.41) is 11.2. The number of rotatable bonds is 7. The molecule has 0 aromatic carbocycles. The molecule has 0 aliphatic rings. The first-order valence-electron chi connectivity index (χ1n) is 6.47. The highest BCUT2D eigenvalue weighted by atomic mass is 16.6. The highest BCUT2D eigenvalue weighted by Crippen LogP contribution is 2.29. The van der Waals surface area contributed by atoms with Crippen LogP contribution in [0, 0.1) is 16.0 Å². The summed E-state index contributed by atoms with van der Waals surface area (Å²) in [6, 6.07) is 0. The lowest BCUT2D eigenvalue weighted by atomic mass is 10.2. The van der Waals surface area contributed by atoms with E-state index in [0.717, 1.165) is 6.54 Å². The monoisotopic (exact) mass is 282 g/mol. The topological polar surface area (TPSA) is 101 Å². The summed E-state index contributed by atoms with van der Waals surface area (Å²) in [7, 11) is 3.91. The summed E-state index contributed by atoms with van der Waals surface area (Å²) in [5.41, 5.74) is 5.40. The molecular formula is C12H22N6O2. The Kier molecular flexibility index (Phi) is 5.63. The molecule has 0 radical (unpaired) electrons. The zero-order valence-corrected chi connectivity index (χ0v) is 12.4. The maximum Gasteiger partial charge on any atom is 0.353 e. The fourth-order valence-corrected chi connectivity index (χ4v) is 1.83. The zero-order chi connectivity index (χ0) is 15.3. The predicted octanol–water partition coefficient (Wildman–Crippen LogP) is 0.991. The molecular weight excluding hydrogens is 260 g/mol. The van der Waals surface area contributed by atoms with Crippen LogP contribution in [0.1, 0.15) is 13.8 Å². The normalized spacial score (nSPS) is 11.1. The van der Waals surface area contributed by atoms with Crippen LogP contribution in [0.2, 0.25) is 0 Å². The number of likely N-dealkylation sites (N-methyl/N-ethyl adjacent to an activating group) is 1. The Morgan fingerprint density at radius 1 is 1.35 bits per heavy atom. The van der Waals surface area contributed by atoms with Crippen molar-refractivity contribution < 1.29 is 4.92 Å². The highest BCUT2D eigenvalue weighted by molar-refractivity contribution is 5.68. The quantitative estimate of drug-likeness (QED) is 0.587. The van der Waals surface area contributed by atoms with Gasteiger partial charge >= 0.3 is 5.69 Å². The van der Waals surface area contributed by atoms with Crippen molar-refractivity contribution in [1.82, 2.24) is 14.9 Å². The van der Waals surface area contributed by atoms with Crippen LogP contribution in [-0.2, 0) is 0 Å². The maximum atomic E-state index is 11.2. The summed E-state index contributed by atoms with van der Waals surface area (Å²) in [6.07, 6.45) is 1.26. The maximum absolute atomic E-state index is 11.2. The van der Waals surface area contributed by atoms with E-state index < -0.39 is 4.92 Å². The van der Waals surface area contributed by atoms with Gasteiger partial charge in [-0.3, -0.25) is 10.1 Å². The van der Waals surface area contributed by atoms with E-state index in [1.54, 1.807) is 0 Å².